The van der Waals surface area contributed by atoms with Gasteiger partial charge in [-0.2, -0.15) is 5.26 Å². The lowest BCUT2D eigenvalue weighted by atomic mass is 9.89. The summed E-state index contributed by atoms with van der Waals surface area (Å²) >= 11 is 0. The normalized spacial score (nSPS) is 27.2. The molecular formula is C17H29N3. The smallest absolute Gasteiger partial charge is 0.122 e. The first-order valence-corrected chi connectivity index (χ1v) is 8.70. The van der Waals surface area contributed by atoms with Crippen molar-refractivity contribution in [2.24, 2.45) is 5.92 Å². The molecule has 1 unspecified atom stereocenters. The Morgan fingerprint density at radius 3 is 2.30 bits per heavy atom. The maximum absolute atomic E-state index is 9.87. The molecule has 3 aliphatic rings. The molecule has 1 atom stereocenters. The van der Waals surface area contributed by atoms with Crippen LogP contribution in [0, 0.1) is 17.2 Å². The zero-order chi connectivity index (χ0) is 14.0. The van der Waals surface area contributed by atoms with Crippen LogP contribution in [0.5, 0.6) is 0 Å². The largest absolute Gasteiger partial charge is 0.298 e. The van der Waals surface area contributed by atoms with E-state index < -0.39 is 0 Å². The summed E-state index contributed by atoms with van der Waals surface area (Å²) in [4.78, 5) is 2.61. The second kappa shape index (κ2) is 6.03. The molecule has 0 aliphatic heterocycles. The number of rotatable bonds is 7. The van der Waals surface area contributed by atoms with Gasteiger partial charge in [-0.05, 0) is 51.0 Å². The highest BCUT2D eigenvalue weighted by Crippen LogP contribution is 2.42. The van der Waals surface area contributed by atoms with Gasteiger partial charge in [0.25, 0.3) is 0 Å². The van der Waals surface area contributed by atoms with Gasteiger partial charge >= 0.3 is 0 Å². The van der Waals surface area contributed by atoms with Crippen molar-refractivity contribution in [2.45, 2.75) is 82.3 Å². The quantitative estimate of drug-likeness (QED) is 0.776. The highest BCUT2D eigenvalue weighted by atomic mass is 15.2. The molecule has 0 amide bonds. The lowest BCUT2D eigenvalue weighted by Crippen LogP contribution is -2.57. The predicted molar refractivity (Wildman–Crippen MR) is 81.3 cm³/mol. The Labute approximate surface area is 123 Å². The highest BCUT2D eigenvalue weighted by molar-refractivity contribution is 5.18. The number of nitrogens with one attached hydrogen (secondary N) is 1. The van der Waals surface area contributed by atoms with Gasteiger partial charge in [-0.1, -0.05) is 26.2 Å². The molecule has 20 heavy (non-hydrogen) atoms. The zero-order valence-corrected chi connectivity index (χ0v) is 12.9. The molecule has 3 heteroatoms. The molecule has 112 valence electrons. The van der Waals surface area contributed by atoms with E-state index in [-0.39, 0.29) is 5.54 Å². The lowest BCUT2D eigenvalue weighted by molar-refractivity contribution is 0.122. The summed E-state index contributed by atoms with van der Waals surface area (Å²) in [6.45, 7) is 4.31. The molecule has 3 saturated carbocycles. The van der Waals surface area contributed by atoms with Crippen molar-refractivity contribution >= 4 is 0 Å². The van der Waals surface area contributed by atoms with Crippen LogP contribution in [0.2, 0.25) is 0 Å². The van der Waals surface area contributed by atoms with Crippen molar-refractivity contribution in [3.63, 3.8) is 0 Å². The van der Waals surface area contributed by atoms with Crippen LogP contribution in [0.4, 0.5) is 0 Å². The zero-order valence-electron chi connectivity index (χ0n) is 12.9. The number of hydrogen-bond donors (Lipinski definition) is 1. The predicted octanol–water partition coefficient (Wildman–Crippen LogP) is 3.07. The molecular weight excluding hydrogens is 246 g/mol. The van der Waals surface area contributed by atoms with E-state index in [4.69, 9.17) is 0 Å². The fraction of sp³-hybridized carbons (Fsp3) is 0.941. The van der Waals surface area contributed by atoms with Gasteiger partial charge in [0.1, 0.15) is 5.54 Å². The summed E-state index contributed by atoms with van der Waals surface area (Å²) in [5.74, 6) is 0.603. The summed E-state index contributed by atoms with van der Waals surface area (Å²) in [6, 6.07) is 4.05. The molecule has 3 nitrogen and oxygen atoms in total. The van der Waals surface area contributed by atoms with Crippen molar-refractivity contribution in [3.8, 4) is 6.07 Å². The number of hydrogen-bond acceptors (Lipinski definition) is 3. The first kappa shape index (κ1) is 14.4. The minimum absolute atomic E-state index is 0.255. The minimum atomic E-state index is -0.255. The van der Waals surface area contributed by atoms with Crippen LogP contribution in [-0.4, -0.2) is 35.6 Å². The molecule has 0 saturated heterocycles. The molecule has 3 fully saturated rings. The van der Waals surface area contributed by atoms with E-state index in [0.717, 1.165) is 19.1 Å². The average molecular weight is 275 g/mol. The van der Waals surface area contributed by atoms with Gasteiger partial charge in [0.05, 0.1) is 6.07 Å². The van der Waals surface area contributed by atoms with Gasteiger partial charge in [0.15, 0.2) is 0 Å². The van der Waals surface area contributed by atoms with E-state index >= 15 is 0 Å². The minimum Gasteiger partial charge on any atom is -0.298 e. The molecule has 0 radical (unpaired) electrons. The fourth-order valence-electron chi connectivity index (χ4n) is 3.89. The monoisotopic (exact) mass is 275 g/mol. The molecule has 0 aromatic rings. The molecule has 0 bridgehead atoms. The summed E-state index contributed by atoms with van der Waals surface area (Å²) in [7, 11) is 0. The molecule has 3 aliphatic carbocycles. The molecule has 0 aromatic carbocycles. The van der Waals surface area contributed by atoms with E-state index in [1.165, 1.54) is 57.8 Å². The Balaban J connectivity index is 1.68. The number of nitrogens with zero attached hydrogens (tertiary/aromatic N) is 2. The van der Waals surface area contributed by atoms with Gasteiger partial charge < -0.3 is 0 Å². The highest BCUT2D eigenvalue weighted by Gasteiger charge is 2.49. The Hall–Kier alpha value is -0.590. The molecule has 3 rings (SSSR count). The second-order valence-electron chi connectivity index (χ2n) is 7.13. The topological polar surface area (TPSA) is 39.1 Å². The third-order valence-electron chi connectivity index (χ3n) is 5.46. The second-order valence-corrected chi connectivity index (χ2v) is 7.13. The number of likely N-dealkylation sites (N-methyl/N-ethyl adjacent to an activating group) is 1. The van der Waals surface area contributed by atoms with Gasteiger partial charge in [0.2, 0.25) is 0 Å². The first-order valence-electron chi connectivity index (χ1n) is 8.70. The van der Waals surface area contributed by atoms with Gasteiger partial charge in [-0.25, -0.2) is 0 Å². The maximum Gasteiger partial charge on any atom is 0.122 e. The van der Waals surface area contributed by atoms with E-state index in [1.807, 2.05) is 0 Å². The first-order chi connectivity index (χ1) is 9.77. The molecule has 1 N–H and O–H groups in total. The fourth-order valence-corrected chi connectivity index (χ4v) is 3.89. The van der Waals surface area contributed by atoms with E-state index in [0.29, 0.717) is 12.0 Å². The van der Waals surface area contributed by atoms with E-state index in [2.05, 4.69) is 23.2 Å². The lowest BCUT2D eigenvalue weighted by Gasteiger charge is -2.39. The number of nitriles is 1. The van der Waals surface area contributed by atoms with E-state index in [1.54, 1.807) is 0 Å². The van der Waals surface area contributed by atoms with Crippen molar-refractivity contribution in [3.05, 3.63) is 0 Å². The third kappa shape index (κ3) is 3.18. The van der Waals surface area contributed by atoms with Crippen LogP contribution in [0.1, 0.15) is 64.7 Å². The van der Waals surface area contributed by atoms with Crippen molar-refractivity contribution in [1.29, 1.82) is 5.26 Å². The summed E-state index contributed by atoms with van der Waals surface area (Å²) in [6.07, 6.45) is 11.9. The standard InChI is InChI=1S/C17H29N3/c1-2-20(16-6-4-3-5-7-16)13-17(12-18,14-8-9-14)19-15-10-11-15/h14-16,19H,2-11,13H2,1H3. The van der Waals surface area contributed by atoms with Crippen LogP contribution in [0.3, 0.4) is 0 Å². The Morgan fingerprint density at radius 2 is 1.80 bits per heavy atom. The SMILES string of the molecule is CCN(CC(C#N)(NC1CC1)C1CC1)C1CCCCC1. The van der Waals surface area contributed by atoms with Crippen LogP contribution in [0.15, 0.2) is 0 Å². The van der Waals surface area contributed by atoms with Crippen molar-refractivity contribution < 1.29 is 0 Å². The molecule has 0 heterocycles. The van der Waals surface area contributed by atoms with Crippen LogP contribution in [-0.2, 0) is 0 Å². The molecule has 0 spiro atoms. The van der Waals surface area contributed by atoms with Crippen LogP contribution < -0.4 is 5.32 Å². The Bertz CT molecular complexity index is 361. The Kier molecular flexibility index (Phi) is 4.33. The average Bonchev–Trinajstić information content (AvgIpc) is 3.38. The van der Waals surface area contributed by atoms with E-state index in [9.17, 15) is 5.26 Å². The van der Waals surface area contributed by atoms with Crippen molar-refractivity contribution in [1.82, 2.24) is 10.2 Å². The van der Waals surface area contributed by atoms with Crippen LogP contribution in [0.25, 0.3) is 0 Å². The van der Waals surface area contributed by atoms with Crippen LogP contribution >= 0.6 is 0 Å². The Morgan fingerprint density at radius 1 is 1.10 bits per heavy atom. The van der Waals surface area contributed by atoms with Gasteiger partial charge in [-0.3, -0.25) is 10.2 Å². The summed E-state index contributed by atoms with van der Waals surface area (Å²) in [5.41, 5.74) is -0.255. The van der Waals surface area contributed by atoms with Crippen molar-refractivity contribution in [2.75, 3.05) is 13.1 Å². The molecule has 0 aromatic heterocycles. The van der Waals surface area contributed by atoms with Gasteiger partial charge in [-0.15, -0.1) is 0 Å². The summed E-state index contributed by atoms with van der Waals surface area (Å²) < 4.78 is 0. The van der Waals surface area contributed by atoms with Gasteiger partial charge in [0, 0.05) is 18.6 Å². The maximum atomic E-state index is 9.87. The third-order valence-corrected chi connectivity index (χ3v) is 5.46. The summed E-state index contributed by atoms with van der Waals surface area (Å²) in [5, 5.41) is 13.6.